The molecule has 0 amide bonds. The van der Waals surface area contributed by atoms with Crippen molar-refractivity contribution in [3.63, 3.8) is 0 Å². The van der Waals surface area contributed by atoms with Crippen LogP contribution < -0.4 is 10.6 Å². The average molecular weight is 467 g/mol. The summed E-state index contributed by atoms with van der Waals surface area (Å²) in [7, 11) is 0. The highest BCUT2D eigenvalue weighted by molar-refractivity contribution is 14.0. The van der Waals surface area contributed by atoms with E-state index >= 15 is 0 Å². The maximum Gasteiger partial charge on any atom is 0.191 e. The van der Waals surface area contributed by atoms with E-state index in [0.717, 1.165) is 17.8 Å². The number of rotatable bonds is 7. The van der Waals surface area contributed by atoms with Crippen molar-refractivity contribution in [1.82, 2.24) is 10.6 Å². The molecule has 3 atom stereocenters. The van der Waals surface area contributed by atoms with Crippen LogP contribution in [0.15, 0.2) is 27.8 Å². The van der Waals surface area contributed by atoms with Gasteiger partial charge in [-0.1, -0.05) is 6.92 Å². The number of guanidine groups is 1. The molecule has 0 aliphatic heterocycles. The van der Waals surface area contributed by atoms with Gasteiger partial charge in [0.25, 0.3) is 0 Å². The largest absolute Gasteiger partial charge is 0.466 e. The summed E-state index contributed by atoms with van der Waals surface area (Å²) in [6.07, 6.45) is 5.19. The molecule has 1 aliphatic rings. The second-order valence-corrected chi connectivity index (χ2v) is 7.76. The summed E-state index contributed by atoms with van der Waals surface area (Å²) < 4.78 is 5.30. The van der Waals surface area contributed by atoms with E-state index in [2.05, 4.69) is 22.5 Å². The normalized spacial score (nSPS) is 23.4. The minimum absolute atomic E-state index is 0. The van der Waals surface area contributed by atoms with E-state index in [0.29, 0.717) is 11.8 Å². The minimum Gasteiger partial charge on any atom is -0.466 e. The molecule has 2 rings (SSSR count). The van der Waals surface area contributed by atoms with Gasteiger partial charge in [-0.3, -0.25) is 0 Å². The van der Waals surface area contributed by atoms with Crippen molar-refractivity contribution in [2.24, 2.45) is 4.99 Å². The van der Waals surface area contributed by atoms with Gasteiger partial charge >= 0.3 is 0 Å². The van der Waals surface area contributed by atoms with Crippen molar-refractivity contribution in [1.29, 1.82) is 0 Å². The predicted molar refractivity (Wildman–Crippen MR) is 112 cm³/mol. The van der Waals surface area contributed by atoms with Gasteiger partial charge in [0.2, 0.25) is 0 Å². The topological polar surface area (TPSA) is 69.8 Å². The highest BCUT2D eigenvalue weighted by Crippen LogP contribution is 2.29. The Labute approximate surface area is 166 Å². The number of nitrogens with zero attached hydrogens (tertiary/aromatic N) is 1. The number of aliphatic hydroxyl groups is 1. The predicted octanol–water partition coefficient (Wildman–Crippen LogP) is 3.33. The fourth-order valence-corrected chi connectivity index (χ4v) is 4.01. The van der Waals surface area contributed by atoms with Crippen LogP contribution in [0.5, 0.6) is 0 Å². The fourth-order valence-electron chi connectivity index (χ4n) is 2.87. The Hall–Kier alpha value is -0.410. The molecule has 0 aromatic carbocycles. The van der Waals surface area contributed by atoms with E-state index in [1.807, 2.05) is 18.7 Å². The van der Waals surface area contributed by atoms with Crippen molar-refractivity contribution < 1.29 is 9.52 Å². The lowest BCUT2D eigenvalue weighted by Crippen LogP contribution is -2.43. The van der Waals surface area contributed by atoms with Crippen molar-refractivity contribution in [3.05, 3.63) is 24.2 Å². The molecule has 24 heavy (non-hydrogen) atoms. The van der Waals surface area contributed by atoms with Gasteiger partial charge in [0.15, 0.2) is 5.96 Å². The second-order valence-electron chi connectivity index (χ2n) is 6.18. The zero-order chi connectivity index (χ0) is 16.7. The number of thioether (sulfide) groups is 1. The molecule has 3 unspecified atom stereocenters. The monoisotopic (exact) mass is 467 g/mol. The lowest BCUT2D eigenvalue weighted by molar-refractivity contribution is 0.0436. The molecule has 1 aromatic heterocycles. The number of furan rings is 1. The number of hydrogen-bond acceptors (Lipinski definition) is 4. The Morgan fingerprint density at radius 2 is 2.25 bits per heavy atom. The molecule has 0 bridgehead atoms. The highest BCUT2D eigenvalue weighted by atomic mass is 127. The molecule has 1 fully saturated rings. The smallest absolute Gasteiger partial charge is 0.191 e. The molecule has 138 valence electrons. The van der Waals surface area contributed by atoms with Gasteiger partial charge in [0, 0.05) is 17.8 Å². The van der Waals surface area contributed by atoms with Crippen LogP contribution in [-0.2, 0) is 5.60 Å². The summed E-state index contributed by atoms with van der Waals surface area (Å²) in [4.78, 5) is 4.55. The molecule has 3 N–H and O–H groups in total. The lowest BCUT2D eigenvalue weighted by atomic mass is 10.0. The summed E-state index contributed by atoms with van der Waals surface area (Å²) >= 11 is 2.05. The molecule has 1 heterocycles. The molecule has 1 aliphatic carbocycles. The van der Waals surface area contributed by atoms with E-state index < -0.39 is 5.60 Å². The van der Waals surface area contributed by atoms with Crippen LogP contribution in [0.2, 0.25) is 0 Å². The van der Waals surface area contributed by atoms with Crippen LogP contribution in [-0.4, -0.2) is 41.2 Å². The highest BCUT2D eigenvalue weighted by Gasteiger charge is 2.27. The first-order chi connectivity index (χ1) is 11.0. The summed E-state index contributed by atoms with van der Waals surface area (Å²) in [5.41, 5.74) is -1.10. The molecule has 7 heteroatoms. The minimum atomic E-state index is -1.10. The van der Waals surface area contributed by atoms with Crippen molar-refractivity contribution in [2.45, 2.75) is 56.9 Å². The molecule has 0 radical (unpaired) electrons. The van der Waals surface area contributed by atoms with E-state index in [-0.39, 0.29) is 30.5 Å². The van der Waals surface area contributed by atoms with Crippen LogP contribution in [0, 0.1) is 0 Å². The van der Waals surface area contributed by atoms with E-state index in [4.69, 9.17) is 4.42 Å². The van der Waals surface area contributed by atoms with E-state index in [9.17, 15) is 5.11 Å². The van der Waals surface area contributed by atoms with Crippen LogP contribution in [0.4, 0.5) is 0 Å². The van der Waals surface area contributed by atoms with Crippen LogP contribution in [0.3, 0.4) is 0 Å². The molecule has 5 nitrogen and oxygen atoms in total. The third-order valence-corrected chi connectivity index (χ3v) is 5.30. The first kappa shape index (κ1) is 21.6. The van der Waals surface area contributed by atoms with Gasteiger partial charge in [-0.15, -0.1) is 24.0 Å². The van der Waals surface area contributed by atoms with Gasteiger partial charge in [0.1, 0.15) is 11.4 Å². The molecule has 0 saturated heterocycles. The Morgan fingerprint density at radius 1 is 1.46 bits per heavy atom. The molecule has 1 saturated carbocycles. The van der Waals surface area contributed by atoms with Gasteiger partial charge in [-0.05, 0) is 51.0 Å². The standard InChI is InChI=1S/C17H29N3O2S.HI/c1-4-18-16(20-13-8-9-14(11-13)23-5-2)19-12-17(3,21)15-7-6-10-22-15;/h6-7,10,13-14,21H,4-5,8-9,11-12H2,1-3H3,(H2,18,19,20);1H. The van der Waals surface area contributed by atoms with Crippen LogP contribution in [0.25, 0.3) is 0 Å². The van der Waals surface area contributed by atoms with Crippen molar-refractivity contribution >= 4 is 41.7 Å². The maximum absolute atomic E-state index is 10.5. The van der Waals surface area contributed by atoms with E-state index in [1.165, 1.54) is 25.0 Å². The third kappa shape index (κ3) is 6.48. The maximum atomic E-state index is 10.5. The van der Waals surface area contributed by atoms with Crippen LogP contribution in [0.1, 0.15) is 45.8 Å². The Morgan fingerprint density at radius 3 is 2.88 bits per heavy atom. The SMILES string of the molecule is CCNC(=NCC(C)(O)c1ccco1)NC1CCC(SCC)C1.I. The summed E-state index contributed by atoms with van der Waals surface area (Å²) in [5, 5.41) is 18.0. The third-order valence-electron chi connectivity index (χ3n) is 4.07. The Kier molecular flexibility index (Phi) is 9.51. The first-order valence-electron chi connectivity index (χ1n) is 8.48. The summed E-state index contributed by atoms with van der Waals surface area (Å²) in [6.45, 7) is 7.05. The van der Waals surface area contributed by atoms with Crippen molar-refractivity contribution in [2.75, 3.05) is 18.8 Å². The summed E-state index contributed by atoms with van der Waals surface area (Å²) in [6, 6.07) is 4.02. The first-order valence-corrected chi connectivity index (χ1v) is 9.52. The van der Waals surface area contributed by atoms with Gasteiger partial charge in [-0.25, -0.2) is 4.99 Å². The number of aliphatic imine (C=N–C) groups is 1. The van der Waals surface area contributed by atoms with Crippen molar-refractivity contribution in [3.8, 4) is 0 Å². The lowest BCUT2D eigenvalue weighted by Gasteiger charge is -2.21. The van der Waals surface area contributed by atoms with Gasteiger partial charge in [0.05, 0.1) is 12.8 Å². The number of halogens is 1. The molecular formula is C17H30IN3O2S. The molecule has 0 spiro atoms. The van der Waals surface area contributed by atoms with E-state index in [1.54, 1.807) is 25.3 Å². The quantitative estimate of drug-likeness (QED) is 0.326. The Balaban J connectivity index is 0.00000288. The number of nitrogens with one attached hydrogen (secondary N) is 2. The zero-order valence-electron chi connectivity index (χ0n) is 14.7. The number of hydrogen-bond donors (Lipinski definition) is 3. The second kappa shape index (κ2) is 10.6. The van der Waals surface area contributed by atoms with Crippen LogP contribution >= 0.6 is 35.7 Å². The zero-order valence-corrected chi connectivity index (χ0v) is 17.9. The molecular weight excluding hydrogens is 437 g/mol. The summed E-state index contributed by atoms with van der Waals surface area (Å²) in [5.74, 6) is 2.49. The van der Waals surface area contributed by atoms with Gasteiger partial charge in [-0.2, -0.15) is 11.8 Å². The van der Waals surface area contributed by atoms with Gasteiger partial charge < -0.3 is 20.2 Å². The average Bonchev–Trinajstić information content (AvgIpc) is 3.17. The molecule has 1 aromatic rings. The fraction of sp³-hybridized carbons (Fsp3) is 0.706. The Bertz CT molecular complexity index is 494.